The molecule has 5 heteroatoms. The zero-order valence-corrected chi connectivity index (χ0v) is 10.7. The number of hydrogen-bond acceptors (Lipinski definition) is 3. The number of halogens is 1. The van der Waals surface area contributed by atoms with E-state index in [9.17, 15) is 9.18 Å². The molecule has 0 aliphatic carbocycles. The number of rotatable bonds is 6. The molecule has 18 heavy (non-hydrogen) atoms. The number of nitrogens with one attached hydrogen (secondary N) is 1. The standard InChI is InChI=1S/C13H19FN2O2/c1-9(2)5-6-18-8-13(17)16-10-3-4-11(14)12(15)7-10/h3-4,7,9H,5-6,8,15H2,1-2H3,(H,16,17). The summed E-state index contributed by atoms with van der Waals surface area (Å²) in [5, 5.41) is 2.59. The third-order valence-electron chi connectivity index (χ3n) is 2.35. The van der Waals surface area contributed by atoms with Gasteiger partial charge >= 0.3 is 0 Å². The van der Waals surface area contributed by atoms with Crippen molar-refractivity contribution in [3.8, 4) is 0 Å². The number of hydrogen-bond donors (Lipinski definition) is 2. The largest absolute Gasteiger partial charge is 0.396 e. The molecule has 0 atom stereocenters. The second-order valence-corrected chi connectivity index (χ2v) is 4.52. The van der Waals surface area contributed by atoms with Crippen LogP contribution in [0.1, 0.15) is 20.3 Å². The van der Waals surface area contributed by atoms with Gasteiger partial charge in [-0.2, -0.15) is 0 Å². The first-order valence-corrected chi connectivity index (χ1v) is 5.91. The molecule has 0 radical (unpaired) electrons. The minimum absolute atomic E-state index is 0.00789. The highest BCUT2D eigenvalue weighted by molar-refractivity contribution is 5.92. The molecule has 1 amide bonds. The monoisotopic (exact) mass is 254 g/mol. The lowest BCUT2D eigenvalue weighted by Gasteiger charge is -2.08. The van der Waals surface area contributed by atoms with Gasteiger partial charge in [-0.25, -0.2) is 4.39 Å². The van der Waals surface area contributed by atoms with Gasteiger partial charge in [0, 0.05) is 12.3 Å². The van der Waals surface area contributed by atoms with Crippen molar-refractivity contribution in [2.24, 2.45) is 5.92 Å². The Hall–Kier alpha value is -1.62. The fourth-order valence-corrected chi connectivity index (χ4v) is 1.30. The summed E-state index contributed by atoms with van der Waals surface area (Å²) < 4.78 is 18.1. The van der Waals surface area contributed by atoms with Crippen molar-refractivity contribution < 1.29 is 13.9 Å². The average Bonchev–Trinajstić information content (AvgIpc) is 2.29. The topological polar surface area (TPSA) is 64.3 Å². The molecule has 1 aromatic carbocycles. The average molecular weight is 254 g/mol. The lowest BCUT2D eigenvalue weighted by molar-refractivity contribution is -0.120. The van der Waals surface area contributed by atoms with Gasteiger partial charge in [0.25, 0.3) is 0 Å². The van der Waals surface area contributed by atoms with Gasteiger partial charge in [0.05, 0.1) is 5.69 Å². The Labute approximate surface area is 106 Å². The molecule has 4 nitrogen and oxygen atoms in total. The Morgan fingerprint density at radius 1 is 1.50 bits per heavy atom. The Morgan fingerprint density at radius 2 is 2.22 bits per heavy atom. The van der Waals surface area contributed by atoms with Crippen molar-refractivity contribution >= 4 is 17.3 Å². The van der Waals surface area contributed by atoms with Gasteiger partial charge in [-0.3, -0.25) is 4.79 Å². The van der Waals surface area contributed by atoms with Crippen molar-refractivity contribution in [3.05, 3.63) is 24.0 Å². The van der Waals surface area contributed by atoms with E-state index >= 15 is 0 Å². The summed E-state index contributed by atoms with van der Waals surface area (Å²) in [4.78, 5) is 11.5. The molecule has 1 aromatic rings. The maximum Gasteiger partial charge on any atom is 0.250 e. The third-order valence-corrected chi connectivity index (χ3v) is 2.35. The highest BCUT2D eigenvalue weighted by Gasteiger charge is 2.05. The van der Waals surface area contributed by atoms with E-state index in [4.69, 9.17) is 10.5 Å². The number of carbonyl (C=O) groups is 1. The number of benzene rings is 1. The molecule has 0 bridgehead atoms. The van der Waals surface area contributed by atoms with Crippen LogP contribution in [0.5, 0.6) is 0 Å². The van der Waals surface area contributed by atoms with Crippen LogP contribution in [0.2, 0.25) is 0 Å². The van der Waals surface area contributed by atoms with Gasteiger partial charge < -0.3 is 15.8 Å². The van der Waals surface area contributed by atoms with Gasteiger partial charge in [-0.1, -0.05) is 13.8 Å². The van der Waals surface area contributed by atoms with E-state index in [1.165, 1.54) is 18.2 Å². The molecular formula is C13H19FN2O2. The number of ether oxygens (including phenoxy) is 1. The summed E-state index contributed by atoms with van der Waals surface area (Å²) in [6.07, 6.45) is 0.913. The lowest BCUT2D eigenvalue weighted by atomic mass is 10.1. The summed E-state index contributed by atoms with van der Waals surface area (Å²) in [7, 11) is 0. The van der Waals surface area contributed by atoms with Crippen LogP contribution >= 0.6 is 0 Å². The Balaban J connectivity index is 2.33. The van der Waals surface area contributed by atoms with Gasteiger partial charge in [0.15, 0.2) is 0 Å². The second kappa shape index (κ2) is 6.96. The van der Waals surface area contributed by atoms with E-state index < -0.39 is 5.82 Å². The molecule has 0 aliphatic heterocycles. The molecule has 0 saturated heterocycles. The van der Waals surface area contributed by atoms with Gasteiger partial charge in [0.2, 0.25) is 5.91 Å². The van der Waals surface area contributed by atoms with Crippen LogP contribution in [-0.4, -0.2) is 19.1 Å². The van der Waals surface area contributed by atoms with E-state index in [1.807, 2.05) is 0 Å². The fourth-order valence-electron chi connectivity index (χ4n) is 1.30. The van der Waals surface area contributed by atoms with Crippen LogP contribution in [0.3, 0.4) is 0 Å². The van der Waals surface area contributed by atoms with Gasteiger partial charge in [-0.05, 0) is 30.5 Å². The van der Waals surface area contributed by atoms with Crippen LogP contribution < -0.4 is 11.1 Å². The van der Waals surface area contributed by atoms with E-state index in [0.29, 0.717) is 18.2 Å². The Kier molecular flexibility index (Phi) is 5.58. The van der Waals surface area contributed by atoms with Crippen LogP contribution in [-0.2, 0) is 9.53 Å². The number of amides is 1. The van der Waals surface area contributed by atoms with Crippen molar-refractivity contribution in [2.75, 3.05) is 24.3 Å². The molecule has 3 N–H and O–H groups in total. The summed E-state index contributed by atoms with van der Waals surface area (Å²) >= 11 is 0. The van der Waals surface area contributed by atoms with E-state index in [2.05, 4.69) is 19.2 Å². The van der Waals surface area contributed by atoms with Crippen LogP contribution in [0.4, 0.5) is 15.8 Å². The maximum atomic E-state index is 12.9. The fraction of sp³-hybridized carbons (Fsp3) is 0.462. The summed E-state index contributed by atoms with van der Waals surface area (Å²) in [6.45, 7) is 4.72. The van der Waals surface area contributed by atoms with E-state index in [1.54, 1.807) is 0 Å². The highest BCUT2D eigenvalue weighted by atomic mass is 19.1. The minimum Gasteiger partial charge on any atom is -0.396 e. The smallest absolute Gasteiger partial charge is 0.250 e. The number of nitrogens with two attached hydrogens (primary N) is 1. The molecule has 0 unspecified atom stereocenters. The number of anilines is 2. The quantitative estimate of drug-likeness (QED) is 0.605. The van der Waals surface area contributed by atoms with E-state index in [-0.39, 0.29) is 18.2 Å². The predicted molar refractivity (Wildman–Crippen MR) is 69.7 cm³/mol. The zero-order valence-electron chi connectivity index (χ0n) is 10.7. The number of carbonyl (C=O) groups excluding carboxylic acids is 1. The SMILES string of the molecule is CC(C)CCOCC(=O)Nc1ccc(F)c(N)c1. The van der Waals surface area contributed by atoms with Crippen molar-refractivity contribution in [1.82, 2.24) is 0 Å². The molecule has 0 spiro atoms. The van der Waals surface area contributed by atoms with E-state index in [0.717, 1.165) is 6.42 Å². The summed E-state index contributed by atoms with van der Waals surface area (Å²) in [5.41, 5.74) is 5.87. The normalized spacial score (nSPS) is 10.7. The lowest BCUT2D eigenvalue weighted by Crippen LogP contribution is -2.19. The van der Waals surface area contributed by atoms with Gasteiger partial charge in [0.1, 0.15) is 12.4 Å². The summed E-state index contributed by atoms with van der Waals surface area (Å²) in [6, 6.07) is 4.05. The third kappa shape index (κ3) is 5.14. The first kappa shape index (κ1) is 14.4. The minimum atomic E-state index is -0.499. The summed E-state index contributed by atoms with van der Waals surface area (Å²) in [5.74, 6) is -0.226. The molecule has 1 rings (SSSR count). The highest BCUT2D eigenvalue weighted by Crippen LogP contribution is 2.16. The molecule has 0 fully saturated rings. The predicted octanol–water partition coefficient (Wildman–Crippen LogP) is 2.41. The first-order chi connectivity index (χ1) is 8.49. The van der Waals surface area contributed by atoms with Crippen molar-refractivity contribution in [3.63, 3.8) is 0 Å². The zero-order chi connectivity index (χ0) is 13.5. The molecular weight excluding hydrogens is 235 g/mol. The Morgan fingerprint density at radius 3 is 2.83 bits per heavy atom. The maximum absolute atomic E-state index is 12.9. The van der Waals surface area contributed by atoms with Crippen molar-refractivity contribution in [1.29, 1.82) is 0 Å². The van der Waals surface area contributed by atoms with Crippen molar-refractivity contribution in [2.45, 2.75) is 20.3 Å². The molecule has 0 aromatic heterocycles. The molecule has 0 aliphatic rings. The molecule has 0 heterocycles. The van der Waals surface area contributed by atoms with Crippen LogP contribution in [0, 0.1) is 11.7 Å². The first-order valence-electron chi connectivity index (χ1n) is 5.91. The Bertz CT molecular complexity index is 408. The van der Waals surface area contributed by atoms with Crippen LogP contribution in [0.25, 0.3) is 0 Å². The molecule has 100 valence electrons. The molecule has 0 saturated carbocycles. The van der Waals surface area contributed by atoms with Gasteiger partial charge in [-0.15, -0.1) is 0 Å². The number of nitrogen functional groups attached to an aromatic ring is 1. The second-order valence-electron chi connectivity index (χ2n) is 4.52. The van der Waals surface area contributed by atoms with Crippen LogP contribution in [0.15, 0.2) is 18.2 Å².